The van der Waals surface area contributed by atoms with Crippen LogP contribution in [0.4, 0.5) is 0 Å². The highest BCUT2D eigenvalue weighted by atomic mass is 16.5. The van der Waals surface area contributed by atoms with Crippen molar-refractivity contribution in [2.24, 2.45) is 0 Å². The van der Waals surface area contributed by atoms with Gasteiger partial charge in [-0.3, -0.25) is 0 Å². The summed E-state index contributed by atoms with van der Waals surface area (Å²) in [5.74, 6) is 3.14. The smallest absolute Gasteiger partial charge is 0.221 e. The van der Waals surface area contributed by atoms with Crippen LogP contribution in [0.1, 0.15) is 49.3 Å². The summed E-state index contributed by atoms with van der Waals surface area (Å²) in [6, 6.07) is 17.4. The van der Waals surface area contributed by atoms with Gasteiger partial charge in [-0.2, -0.15) is 0 Å². The van der Waals surface area contributed by atoms with Crippen LogP contribution in [0.5, 0.6) is 17.4 Å². The lowest BCUT2D eigenvalue weighted by Gasteiger charge is -2.17. The van der Waals surface area contributed by atoms with E-state index in [1.165, 1.54) is 22.1 Å². The number of methoxy groups -OCH3 is 3. The van der Waals surface area contributed by atoms with Gasteiger partial charge in [-0.1, -0.05) is 45.0 Å². The minimum atomic E-state index is 0.297. The van der Waals surface area contributed by atoms with Crippen molar-refractivity contribution in [1.29, 1.82) is 0 Å². The number of nitrogens with zero attached hydrogens (tertiary/aromatic N) is 1. The second-order valence-corrected chi connectivity index (χ2v) is 8.68. The van der Waals surface area contributed by atoms with Crippen molar-refractivity contribution in [1.82, 2.24) is 4.98 Å². The fourth-order valence-corrected chi connectivity index (χ4v) is 4.37. The Balaban J connectivity index is 1.72. The molecule has 0 saturated heterocycles. The maximum absolute atomic E-state index is 5.69. The third-order valence-electron chi connectivity index (χ3n) is 6.24. The van der Waals surface area contributed by atoms with Crippen LogP contribution in [-0.4, -0.2) is 26.3 Å². The molecule has 0 radical (unpaired) electrons. The van der Waals surface area contributed by atoms with E-state index in [0.29, 0.717) is 17.7 Å². The molecule has 0 aliphatic rings. The molecule has 0 N–H and O–H groups in total. The van der Waals surface area contributed by atoms with E-state index in [-0.39, 0.29) is 0 Å². The molecular weight excluding hydrogens is 398 g/mol. The Kier molecular flexibility index (Phi) is 6.22. The number of benzene rings is 3. The molecule has 4 aromatic rings. The second kappa shape index (κ2) is 9.07. The molecule has 4 nitrogen and oxygen atoms in total. The Bertz CT molecular complexity index is 1260. The van der Waals surface area contributed by atoms with Crippen molar-refractivity contribution in [3.8, 4) is 17.4 Å². The fourth-order valence-electron chi connectivity index (χ4n) is 4.37. The van der Waals surface area contributed by atoms with Gasteiger partial charge in [0.15, 0.2) is 0 Å². The highest BCUT2D eigenvalue weighted by molar-refractivity contribution is 5.93. The quantitative estimate of drug-likeness (QED) is 0.321. The molecule has 0 fully saturated rings. The topological polar surface area (TPSA) is 40.6 Å². The molecule has 0 amide bonds. The van der Waals surface area contributed by atoms with Crippen LogP contribution < -0.4 is 14.2 Å². The number of fused-ring (bicyclic) bond motifs is 2. The highest BCUT2D eigenvalue weighted by Crippen LogP contribution is 2.36. The Hall–Kier alpha value is -3.27. The molecule has 1 aromatic heterocycles. The number of rotatable bonds is 7. The van der Waals surface area contributed by atoms with Crippen LogP contribution in [-0.2, 0) is 6.42 Å². The van der Waals surface area contributed by atoms with Gasteiger partial charge in [0.1, 0.15) is 11.5 Å². The van der Waals surface area contributed by atoms with Gasteiger partial charge < -0.3 is 14.2 Å². The average Bonchev–Trinajstić information content (AvgIpc) is 2.81. The van der Waals surface area contributed by atoms with Gasteiger partial charge in [0, 0.05) is 22.4 Å². The SMILES string of the molecule is COc1cc(C(C)C)cc2cc(CC(C)c3cc(OC)c4ccnc(OC)c4c3)ccc12. The minimum Gasteiger partial charge on any atom is -0.496 e. The average molecular weight is 430 g/mol. The summed E-state index contributed by atoms with van der Waals surface area (Å²) < 4.78 is 16.9. The van der Waals surface area contributed by atoms with Gasteiger partial charge in [-0.05, 0) is 64.6 Å². The normalized spacial score (nSPS) is 12.3. The van der Waals surface area contributed by atoms with E-state index in [4.69, 9.17) is 14.2 Å². The molecule has 1 heterocycles. The number of pyridine rings is 1. The van der Waals surface area contributed by atoms with E-state index in [0.717, 1.165) is 34.1 Å². The molecule has 1 unspecified atom stereocenters. The molecule has 0 aliphatic heterocycles. The highest BCUT2D eigenvalue weighted by Gasteiger charge is 2.15. The molecule has 0 bridgehead atoms. The summed E-state index contributed by atoms with van der Waals surface area (Å²) in [4.78, 5) is 4.37. The third kappa shape index (κ3) is 4.10. The summed E-state index contributed by atoms with van der Waals surface area (Å²) in [6.07, 6.45) is 2.67. The van der Waals surface area contributed by atoms with E-state index >= 15 is 0 Å². The number of ether oxygens (including phenoxy) is 3. The van der Waals surface area contributed by atoms with Crippen LogP contribution in [0.25, 0.3) is 21.5 Å². The zero-order chi connectivity index (χ0) is 22.8. The van der Waals surface area contributed by atoms with E-state index in [1.807, 2.05) is 6.07 Å². The summed E-state index contributed by atoms with van der Waals surface area (Å²) >= 11 is 0. The maximum atomic E-state index is 5.69. The van der Waals surface area contributed by atoms with Crippen molar-refractivity contribution in [3.63, 3.8) is 0 Å². The molecule has 0 aliphatic carbocycles. The lowest BCUT2D eigenvalue weighted by Crippen LogP contribution is -2.01. The molecule has 4 heteroatoms. The lowest BCUT2D eigenvalue weighted by molar-refractivity contribution is 0.402. The zero-order valence-electron chi connectivity index (χ0n) is 19.7. The third-order valence-corrected chi connectivity index (χ3v) is 6.24. The van der Waals surface area contributed by atoms with Gasteiger partial charge in [0.2, 0.25) is 5.88 Å². The summed E-state index contributed by atoms with van der Waals surface area (Å²) in [5, 5.41) is 4.35. The molecule has 3 aromatic carbocycles. The number of hydrogen-bond donors (Lipinski definition) is 0. The summed E-state index contributed by atoms with van der Waals surface area (Å²) in [5.41, 5.74) is 3.79. The molecule has 4 rings (SSSR count). The van der Waals surface area contributed by atoms with E-state index in [2.05, 4.69) is 68.2 Å². The van der Waals surface area contributed by atoms with Crippen LogP contribution >= 0.6 is 0 Å². The van der Waals surface area contributed by atoms with Crippen molar-refractivity contribution in [2.75, 3.05) is 21.3 Å². The first kappa shape index (κ1) is 21.9. The Morgan fingerprint density at radius 3 is 2.12 bits per heavy atom. The summed E-state index contributed by atoms with van der Waals surface area (Å²) in [7, 11) is 5.10. The van der Waals surface area contributed by atoms with Gasteiger partial charge in [0.25, 0.3) is 0 Å². The lowest BCUT2D eigenvalue weighted by atomic mass is 9.90. The Labute approximate surface area is 190 Å². The second-order valence-electron chi connectivity index (χ2n) is 8.68. The molecule has 0 saturated carbocycles. The van der Waals surface area contributed by atoms with Gasteiger partial charge in [0.05, 0.1) is 21.3 Å². The fraction of sp³-hybridized carbons (Fsp3) is 0.321. The first-order valence-corrected chi connectivity index (χ1v) is 11.1. The van der Waals surface area contributed by atoms with E-state index in [9.17, 15) is 0 Å². The standard InChI is InChI=1S/C28H31NO3/c1-17(2)20-13-22-12-19(7-8-23(22)26(15-20)30-4)11-18(3)21-14-25-24(27(16-21)31-5)9-10-29-28(25)32-6/h7-10,12-18H,11H2,1-6H3. The molecule has 0 spiro atoms. The molecule has 166 valence electrons. The van der Waals surface area contributed by atoms with Gasteiger partial charge >= 0.3 is 0 Å². The molecular formula is C28H31NO3. The minimum absolute atomic E-state index is 0.297. The Morgan fingerprint density at radius 2 is 1.44 bits per heavy atom. The van der Waals surface area contributed by atoms with Gasteiger partial charge in [-0.15, -0.1) is 0 Å². The van der Waals surface area contributed by atoms with Crippen LogP contribution in [0, 0.1) is 0 Å². The van der Waals surface area contributed by atoms with E-state index in [1.54, 1.807) is 27.5 Å². The zero-order valence-corrected chi connectivity index (χ0v) is 19.7. The van der Waals surface area contributed by atoms with Crippen LogP contribution in [0.2, 0.25) is 0 Å². The van der Waals surface area contributed by atoms with Crippen molar-refractivity contribution in [3.05, 3.63) is 71.4 Å². The monoisotopic (exact) mass is 429 g/mol. The molecule has 1 atom stereocenters. The maximum Gasteiger partial charge on any atom is 0.221 e. The van der Waals surface area contributed by atoms with Crippen LogP contribution in [0.15, 0.2) is 54.7 Å². The van der Waals surface area contributed by atoms with Crippen molar-refractivity contribution >= 4 is 21.5 Å². The largest absolute Gasteiger partial charge is 0.496 e. The van der Waals surface area contributed by atoms with Crippen molar-refractivity contribution in [2.45, 2.75) is 39.0 Å². The van der Waals surface area contributed by atoms with Gasteiger partial charge in [-0.25, -0.2) is 4.98 Å². The van der Waals surface area contributed by atoms with E-state index < -0.39 is 0 Å². The van der Waals surface area contributed by atoms with Crippen molar-refractivity contribution < 1.29 is 14.2 Å². The summed E-state index contributed by atoms with van der Waals surface area (Å²) in [6.45, 7) is 6.67. The number of aromatic nitrogens is 1. The molecule has 32 heavy (non-hydrogen) atoms. The number of hydrogen-bond acceptors (Lipinski definition) is 4. The predicted molar refractivity (Wildman–Crippen MR) is 132 cm³/mol. The van der Waals surface area contributed by atoms with Crippen LogP contribution in [0.3, 0.4) is 0 Å². The predicted octanol–water partition coefficient (Wildman–Crippen LogP) is 6.88. The first-order chi connectivity index (χ1) is 15.4. The Morgan fingerprint density at radius 1 is 0.719 bits per heavy atom. The first-order valence-electron chi connectivity index (χ1n) is 11.1.